The zero-order chi connectivity index (χ0) is 14.1. The zero-order valence-corrected chi connectivity index (χ0v) is 11.0. The standard InChI is InChI=1S/C16H15NO3/c18-14-9-13(17-16(20)10-5-1-2-6-10)15(19)12-8-4-3-7-11(12)14/h3-4,7-10H,1-2,5-6H2,(H,17,20). The maximum absolute atomic E-state index is 12.3. The molecule has 1 aromatic rings. The lowest BCUT2D eigenvalue weighted by atomic mass is 9.92. The molecule has 0 bridgehead atoms. The van der Waals surface area contributed by atoms with Crippen LogP contribution in [0.25, 0.3) is 0 Å². The molecule has 1 aromatic carbocycles. The summed E-state index contributed by atoms with van der Waals surface area (Å²) in [5, 5.41) is 2.63. The highest BCUT2D eigenvalue weighted by molar-refractivity contribution is 6.25. The van der Waals surface area contributed by atoms with Crippen LogP contribution in [0.1, 0.15) is 46.4 Å². The van der Waals surface area contributed by atoms with E-state index in [4.69, 9.17) is 0 Å². The smallest absolute Gasteiger partial charge is 0.227 e. The number of nitrogens with one attached hydrogen (secondary N) is 1. The van der Waals surface area contributed by atoms with E-state index in [0.717, 1.165) is 25.7 Å². The Morgan fingerprint density at radius 2 is 1.70 bits per heavy atom. The van der Waals surface area contributed by atoms with Crippen molar-refractivity contribution >= 4 is 17.5 Å². The first-order valence-electron chi connectivity index (χ1n) is 6.87. The first-order chi connectivity index (χ1) is 9.66. The summed E-state index contributed by atoms with van der Waals surface area (Å²) in [6.45, 7) is 0. The second kappa shape index (κ2) is 5.04. The van der Waals surface area contributed by atoms with Crippen LogP contribution in [0.3, 0.4) is 0 Å². The van der Waals surface area contributed by atoms with Gasteiger partial charge in [-0.1, -0.05) is 37.1 Å². The summed E-state index contributed by atoms with van der Waals surface area (Å²) in [4.78, 5) is 36.3. The predicted octanol–water partition coefficient (Wildman–Crippen LogP) is 2.26. The molecule has 4 nitrogen and oxygen atoms in total. The number of carbonyl (C=O) groups excluding carboxylic acids is 3. The van der Waals surface area contributed by atoms with Gasteiger partial charge in [0.15, 0.2) is 5.78 Å². The van der Waals surface area contributed by atoms with E-state index in [0.29, 0.717) is 11.1 Å². The second-order valence-electron chi connectivity index (χ2n) is 5.27. The van der Waals surface area contributed by atoms with E-state index in [1.165, 1.54) is 6.08 Å². The van der Waals surface area contributed by atoms with Crippen LogP contribution in [0, 0.1) is 5.92 Å². The fraction of sp³-hybridized carbons (Fsp3) is 0.312. The molecule has 0 heterocycles. The van der Waals surface area contributed by atoms with Crippen molar-refractivity contribution in [2.75, 3.05) is 0 Å². The van der Waals surface area contributed by atoms with Crippen LogP contribution in [-0.2, 0) is 4.79 Å². The van der Waals surface area contributed by atoms with Crippen LogP contribution < -0.4 is 5.32 Å². The predicted molar refractivity (Wildman–Crippen MR) is 73.3 cm³/mol. The Hall–Kier alpha value is -2.23. The van der Waals surface area contributed by atoms with E-state index < -0.39 is 0 Å². The number of allylic oxidation sites excluding steroid dienone is 2. The molecule has 0 aliphatic heterocycles. The largest absolute Gasteiger partial charge is 0.322 e. The van der Waals surface area contributed by atoms with E-state index in [1.807, 2.05) is 0 Å². The van der Waals surface area contributed by atoms with Crippen molar-refractivity contribution in [2.45, 2.75) is 25.7 Å². The highest BCUT2D eigenvalue weighted by Gasteiger charge is 2.29. The maximum atomic E-state index is 12.3. The molecule has 0 spiro atoms. The molecule has 102 valence electrons. The summed E-state index contributed by atoms with van der Waals surface area (Å²) in [5.74, 6) is -0.696. The van der Waals surface area contributed by atoms with Gasteiger partial charge in [0.1, 0.15) is 0 Å². The van der Waals surface area contributed by atoms with E-state index in [-0.39, 0.29) is 29.1 Å². The van der Waals surface area contributed by atoms with Crippen molar-refractivity contribution in [3.63, 3.8) is 0 Å². The van der Waals surface area contributed by atoms with E-state index in [9.17, 15) is 14.4 Å². The van der Waals surface area contributed by atoms with Crippen molar-refractivity contribution in [1.82, 2.24) is 5.32 Å². The number of hydrogen-bond donors (Lipinski definition) is 1. The average molecular weight is 269 g/mol. The number of hydrogen-bond acceptors (Lipinski definition) is 3. The molecule has 2 aliphatic rings. The lowest BCUT2D eigenvalue weighted by Crippen LogP contribution is -2.34. The minimum Gasteiger partial charge on any atom is -0.322 e. The Bertz CT molecular complexity index is 624. The number of Topliss-reactive ketones (excluding diaryl/α,β-unsaturated/α-hetero) is 1. The number of carbonyl (C=O) groups is 3. The number of fused-ring (bicyclic) bond motifs is 1. The van der Waals surface area contributed by atoms with Crippen LogP contribution in [0.15, 0.2) is 36.0 Å². The monoisotopic (exact) mass is 269 g/mol. The molecule has 0 atom stereocenters. The van der Waals surface area contributed by atoms with Gasteiger partial charge in [-0.05, 0) is 12.8 Å². The molecule has 1 N–H and O–H groups in total. The van der Waals surface area contributed by atoms with Crippen LogP contribution in [0.4, 0.5) is 0 Å². The molecule has 1 amide bonds. The normalized spacial score (nSPS) is 18.7. The van der Waals surface area contributed by atoms with Gasteiger partial charge in [-0.25, -0.2) is 0 Å². The van der Waals surface area contributed by atoms with Gasteiger partial charge in [-0.2, -0.15) is 0 Å². The van der Waals surface area contributed by atoms with Gasteiger partial charge in [0, 0.05) is 23.1 Å². The quantitative estimate of drug-likeness (QED) is 0.895. The van der Waals surface area contributed by atoms with Gasteiger partial charge in [-0.15, -0.1) is 0 Å². The van der Waals surface area contributed by atoms with Crippen LogP contribution in [0.5, 0.6) is 0 Å². The Morgan fingerprint density at radius 1 is 1.05 bits per heavy atom. The fourth-order valence-electron chi connectivity index (χ4n) is 2.83. The molecular weight excluding hydrogens is 254 g/mol. The molecule has 4 heteroatoms. The van der Waals surface area contributed by atoms with Crippen LogP contribution >= 0.6 is 0 Å². The summed E-state index contributed by atoms with van der Waals surface area (Å²) in [7, 11) is 0. The third-order valence-corrected chi connectivity index (χ3v) is 3.94. The molecule has 0 saturated heterocycles. The SMILES string of the molecule is O=C1C=C(NC(=O)C2CCCC2)C(=O)c2ccccc21. The molecule has 3 rings (SSSR count). The Morgan fingerprint density at radius 3 is 2.40 bits per heavy atom. The lowest BCUT2D eigenvalue weighted by molar-refractivity contribution is -0.124. The number of benzene rings is 1. The third-order valence-electron chi connectivity index (χ3n) is 3.94. The minimum atomic E-state index is -0.286. The van der Waals surface area contributed by atoms with Crippen molar-refractivity contribution in [3.8, 4) is 0 Å². The van der Waals surface area contributed by atoms with E-state index in [1.54, 1.807) is 24.3 Å². The van der Waals surface area contributed by atoms with Gasteiger partial charge < -0.3 is 5.32 Å². The molecule has 0 radical (unpaired) electrons. The van der Waals surface area contributed by atoms with E-state index >= 15 is 0 Å². The first-order valence-corrected chi connectivity index (χ1v) is 6.87. The summed E-state index contributed by atoms with van der Waals surface area (Å²) < 4.78 is 0. The van der Waals surface area contributed by atoms with Crippen molar-refractivity contribution in [1.29, 1.82) is 0 Å². The van der Waals surface area contributed by atoms with Crippen molar-refractivity contribution in [3.05, 3.63) is 47.2 Å². The molecule has 20 heavy (non-hydrogen) atoms. The van der Waals surface area contributed by atoms with Gasteiger partial charge >= 0.3 is 0 Å². The summed E-state index contributed by atoms with van der Waals surface area (Å²) in [6, 6.07) is 6.68. The molecule has 0 unspecified atom stereocenters. The Kier molecular flexibility index (Phi) is 3.22. The van der Waals surface area contributed by atoms with Gasteiger partial charge in [0.25, 0.3) is 0 Å². The van der Waals surface area contributed by atoms with Crippen LogP contribution in [0.2, 0.25) is 0 Å². The fourth-order valence-corrected chi connectivity index (χ4v) is 2.83. The highest BCUT2D eigenvalue weighted by Crippen LogP contribution is 2.26. The van der Waals surface area contributed by atoms with Gasteiger partial charge in [0.2, 0.25) is 11.7 Å². The molecule has 2 aliphatic carbocycles. The zero-order valence-electron chi connectivity index (χ0n) is 11.0. The van der Waals surface area contributed by atoms with E-state index in [2.05, 4.69) is 5.32 Å². The number of ketones is 2. The van der Waals surface area contributed by atoms with Crippen molar-refractivity contribution < 1.29 is 14.4 Å². The van der Waals surface area contributed by atoms with Crippen molar-refractivity contribution in [2.24, 2.45) is 5.92 Å². The first kappa shape index (κ1) is 12.8. The summed E-state index contributed by atoms with van der Waals surface area (Å²) >= 11 is 0. The molecular formula is C16H15NO3. The van der Waals surface area contributed by atoms with Gasteiger partial charge in [0.05, 0.1) is 5.70 Å². The number of rotatable bonds is 2. The molecule has 1 fully saturated rings. The van der Waals surface area contributed by atoms with Crippen LogP contribution in [-0.4, -0.2) is 17.5 Å². The Labute approximate surface area is 116 Å². The average Bonchev–Trinajstić information content (AvgIpc) is 2.99. The Balaban J connectivity index is 1.83. The lowest BCUT2D eigenvalue weighted by Gasteiger charge is -2.17. The highest BCUT2D eigenvalue weighted by atomic mass is 16.2. The molecule has 0 aromatic heterocycles. The van der Waals surface area contributed by atoms with Gasteiger partial charge in [-0.3, -0.25) is 14.4 Å². The number of amides is 1. The third kappa shape index (κ3) is 2.18. The second-order valence-corrected chi connectivity index (χ2v) is 5.27. The summed E-state index contributed by atoms with van der Waals surface area (Å²) in [5.41, 5.74) is 0.865. The maximum Gasteiger partial charge on any atom is 0.227 e. The summed E-state index contributed by atoms with van der Waals surface area (Å²) in [6.07, 6.45) is 5.05. The molecule has 1 saturated carbocycles. The topological polar surface area (TPSA) is 63.2 Å². The minimum absolute atomic E-state index is 0.0315.